The monoisotopic (exact) mass is 467 g/mol. The lowest BCUT2D eigenvalue weighted by Crippen LogP contribution is -2.00. The molecule has 5 rings (SSSR count). The number of H-pyrrole nitrogens is 1. The Morgan fingerprint density at radius 1 is 1.03 bits per heavy atom. The van der Waals surface area contributed by atoms with Crippen LogP contribution in [0.2, 0.25) is 0 Å². The molecule has 0 bridgehead atoms. The molecule has 5 aromatic rings. The Morgan fingerprint density at radius 3 is 2.50 bits per heavy atom. The standard InChI is InChI=1S/C26H21N5O2S/c1-2-33-18-13-11-17(12-14-18)31-23-10-6-5-9-22(23)30-26(31)34-16-24(32)19(15-27)25-28-20-7-3-4-8-21(20)29-25/h3-14,32H,2,16H2,1H3,(H,28,29)/b24-19-. The molecule has 7 nitrogen and oxygen atoms in total. The smallest absolute Gasteiger partial charge is 0.174 e. The summed E-state index contributed by atoms with van der Waals surface area (Å²) in [6.45, 7) is 2.55. The molecule has 8 heteroatoms. The number of aliphatic hydroxyl groups is 1. The minimum atomic E-state index is -0.0585. The van der Waals surface area contributed by atoms with E-state index in [2.05, 4.69) is 16.0 Å². The number of thioether (sulfide) groups is 1. The van der Waals surface area contributed by atoms with Crippen LogP contribution in [0.4, 0.5) is 0 Å². The molecule has 0 aliphatic heterocycles. The molecule has 0 unspecified atom stereocenters. The third kappa shape index (κ3) is 4.09. The number of imidazole rings is 2. The first-order chi connectivity index (χ1) is 16.7. The van der Waals surface area contributed by atoms with Crippen LogP contribution in [0.1, 0.15) is 12.7 Å². The Labute approximate surface area is 200 Å². The average Bonchev–Trinajstić information content (AvgIpc) is 3.45. The fraction of sp³-hybridized carbons (Fsp3) is 0.115. The van der Waals surface area contributed by atoms with E-state index < -0.39 is 0 Å². The summed E-state index contributed by atoms with van der Waals surface area (Å²) in [5.41, 5.74) is 4.40. The minimum Gasteiger partial charge on any atom is -0.510 e. The number of hydrogen-bond acceptors (Lipinski definition) is 6. The van der Waals surface area contributed by atoms with Gasteiger partial charge in [0, 0.05) is 5.69 Å². The second kappa shape index (κ2) is 9.33. The van der Waals surface area contributed by atoms with Gasteiger partial charge in [-0.15, -0.1) is 0 Å². The predicted molar refractivity (Wildman–Crippen MR) is 134 cm³/mol. The summed E-state index contributed by atoms with van der Waals surface area (Å²) in [6, 6.07) is 25.3. The van der Waals surface area contributed by atoms with E-state index in [4.69, 9.17) is 9.72 Å². The average molecular weight is 468 g/mol. The quantitative estimate of drug-likeness (QED) is 0.176. The number of para-hydroxylation sites is 4. The highest BCUT2D eigenvalue weighted by atomic mass is 32.2. The molecule has 3 aromatic carbocycles. The molecule has 0 aliphatic carbocycles. The van der Waals surface area contributed by atoms with Gasteiger partial charge in [-0.25, -0.2) is 9.97 Å². The van der Waals surface area contributed by atoms with E-state index in [9.17, 15) is 10.4 Å². The summed E-state index contributed by atoms with van der Waals surface area (Å²) in [6.07, 6.45) is 0. The Kier molecular flexibility index (Phi) is 5.93. The lowest BCUT2D eigenvalue weighted by molar-refractivity contribution is 0.340. The van der Waals surface area contributed by atoms with Gasteiger partial charge >= 0.3 is 0 Å². The van der Waals surface area contributed by atoms with E-state index in [0.717, 1.165) is 33.5 Å². The molecule has 0 atom stereocenters. The first-order valence-corrected chi connectivity index (χ1v) is 11.8. The van der Waals surface area contributed by atoms with Crippen molar-refractivity contribution in [3.05, 3.63) is 84.4 Å². The van der Waals surface area contributed by atoms with Gasteiger partial charge in [0.05, 0.1) is 34.4 Å². The molecule has 34 heavy (non-hydrogen) atoms. The Balaban J connectivity index is 1.48. The van der Waals surface area contributed by atoms with Crippen molar-refractivity contribution in [1.82, 2.24) is 19.5 Å². The van der Waals surface area contributed by atoms with Crippen LogP contribution in [0.15, 0.2) is 83.7 Å². The minimum absolute atomic E-state index is 0.0585. The van der Waals surface area contributed by atoms with Crippen LogP contribution in [0.3, 0.4) is 0 Å². The number of hydrogen-bond donors (Lipinski definition) is 2. The lowest BCUT2D eigenvalue weighted by Gasteiger charge is -2.10. The number of aliphatic hydroxyl groups excluding tert-OH is 1. The number of nitrogens with one attached hydrogen (secondary N) is 1. The number of benzene rings is 3. The topological polar surface area (TPSA) is 99.7 Å². The number of ether oxygens (including phenoxy) is 1. The molecule has 2 heterocycles. The van der Waals surface area contributed by atoms with Gasteiger partial charge in [-0.05, 0) is 55.5 Å². The molecular weight excluding hydrogens is 446 g/mol. The molecule has 0 spiro atoms. The lowest BCUT2D eigenvalue weighted by atomic mass is 10.2. The Hall–Kier alpha value is -4.22. The van der Waals surface area contributed by atoms with Gasteiger partial charge in [0.1, 0.15) is 23.2 Å². The second-order valence-corrected chi connectivity index (χ2v) is 8.41. The van der Waals surface area contributed by atoms with Crippen molar-refractivity contribution in [3.63, 3.8) is 0 Å². The predicted octanol–water partition coefficient (Wildman–Crippen LogP) is 5.89. The first kappa shape index (κ1) is 21.6. The molecule has 2 aromatic heterocycles. The molecule has 0 saturated carbocycles. The summed E-state index contributed by atoms with van der Waals surface area (Å²) in [7, 11) is 0. The van der Waals surface area contributed by atoms with Gasteiger partial charge < -0.3 is 14.8 Å². The molecule has 168 valence electrons. The summed E-state index contributed by atoms with van der Waals surface area (Å²) in [5, 5.41) is 21.2. The number of fused-ring (bicyclic) bond motifs is 2. The third-order valence-electron chi connectivity index (χ3n) is 5.30. The Bertz CT molecular complexity index is 1510. The highest BCUT2D eigenvalue weighted by molar-refractivity contribution is 7.99. The van der Waals surface area contributed by atoms with E-state index in [-0.39, 0.29) is 17.1 Å². The third-order valence-corrected chi connectivity index (χ3v) is 6.25. The van der Waals surface area contributed by atoms with Crippen molar-refractivity contribution in [2.45, 2.75) is 12.1 Å². The van der Waals surface area contributed by atoms with Crippen LogP contribution in [-0.2, 0) is 0 Å². The molecule has 0 radical (unpaired) electrons. The first-order valence-electron chi connectivity index (χ1n) is 10.8. The summed E-state index contributed by atoms with van der Waals surface area (Å²) >= 11 is 1.36. The van der Waals surface area contributed by atoms with Crippen molar-refractivity contribution in [1.29, 1.82) is 5.26 Å². The maximum Gasteiger partial charge on any atom is 0.174 e. The number of aromatic amines is 1. The zero-order valence-corrected chi connectivity index (χ0v) is 19.2. The summed E-state index contributed by atoms with van der Waals surface area (Å²) in [4.78, 5) is 12.3. The highest BCUT2D eigenvalue weighted by Gasteiger charge is 2.17. The van der Waals surface area contributed by atoms with Crippen LogP contribution < -0.4 is 4.74 Å². The van der Waals surface area contributed by atoms with Crippen molar-refractivity contribution in [2.75, 3.05) is 12.4 Å². The zero-order chi connectivity index (χ0) is 23.5. The van der Waals surface area contributed by atoms with Gasteiger partial charge in [0.15, 0.2) is 11.0 Å². The van der Waals surface area contributed by atoms with Crippen molar-refractivity contribution >= 4 is 39.4 Å². The molecule has 2 N–H and O–H groups in total. The fourth-order valence-corrected chi connectivity index (χ4v) is 4.64. The van der Waals surface area contributed by atoms with E-state index in [1.165, 1.54) is 11.8 Å². The van der Waals surface area contributed by atoms with Crippen LogP contribution in [-0.4, -0.2) is 37.0 Å². The number of nitriles is 1. The molecule has 0 saturated heterocycles. The zero-order valence-electron chi connectivity index (χ0n) is 18.4. The maximum atomic E-state index is 10.8. The van der Waals surface area contributed by atoms with Gasteiger partial charge in [0.25, 0.3) is 0 Å². The van der Waals surface area contributed by atoms with Crippen LogP contribution >= 0.6 is 11.8 Å². The number of allylic oxidation sites excluding steroid dienone is 1. The SMILES string of the molecule is CCOc1ccc(-n2c(SC/C(O)=C(\C#N)c3nc4ccccc4[nH]3)nc3ccccc32)cc1. The van der Waals surface area contributed by atoms with E-state index >= 15 is 0 Å². The van der Waals surface area contributed by atoms with E-state index in [1.54, 1.807) is 0 Å². The molecule has 0 fully saturated rings. The molecule has 0 amide bonds. The number of nitrogens with zero attached hydrogens (tertiary/aromatic N) is 4. The number of rotatable bonds is 7. The summed E-state index contributed by atoms with van der Waals surface area (Å²) in [5.74, 6) is 1.26. The highest BCUT2D eigenvalue weighted by Crippen LogP contribution is 2.31. The van der Waals surface area contributed by atoms with Crippen LogP contribution in [0.25, 0.3) is 33.3 Å². The van der Waals surface area contributed by atoms with E-state index in [0.29, 0.717) is 17.6 Å². The van der Waals surface area contributed by atoms with Crippen molar-refractivity contribution < 1.29 is 9.84 Å². The fourth-order valence-electron chi connectivity index (χ4n) is 3.74. The normalized spacial score (nSPS) is 12.0. The van der Waals surface area contributed by atoms with E-state index in [1.807, 2.05) is 84.3 Å². The summed E-state index contributed by atoms with van der Waals surface area (Å²) < 4.78 is 7.61. The second-order valence-electron chi connectivity index (χ2n) is 7.47. The molecule has 0 aliphatic rings. The van der Waals surface area contributed by atoms with Gasteiger partial charge in [-0.1, -0.05) is 36.0 Å². The van der Waals surface area contributed by atoms with Crippen molar-refractivity contribution in [2.24, 2.45) is 0 Å². The van der Waals surface area contributed by atoms with Crippen LogP contribution in [0, 0.1) is 11.3 Å². The Morgan fingerprint density at radius 2 is 1.76 bits per heavy atom. The van der Waals surface area contributed by atoms with Crippen LogP contribution in [0.5, 0.6) is 5.75 Å². The molecular formula is C26H21N5O2S. The van der Waals surface area contributed by atoms with Gasteiger partial charge in [-0.3, -0.25) is 4.57 Å². The largest absolute Gasteiger partial charge is 0.510 e. The maximum absolute atomic E-state index is 10.8. The number of aromatic nitrogens is 4. The van der Waals surface area contributed by atoms with Gasteiger partial charge in [-0.2, -0.15) is 5.26 Å². The van der Waals surface area contributed by atoms with Gasteiger partial charge in [0.2, 0.25) is 0 Å². The van der Waals surface area contributed by atoms with Crippen molar-refractivity contribution in [3.8, 4) is 17.5 Å².